The number of carbonyl (C=O) groups excluding carboxylic acids is 2. The largest absolute Gasteiger partial charge is 0.465 e. The zero-order valence-corrected chi connectivity index (χ0v) is 13.2. The molecule has 0 radical (unpaired) electrons. The number of fused-ring (bicyclic) bond motifs is 1. The Bertz CT molecular complexity index is 853. The summed E-state index contributed by atoms with van der Waals surface area (Å²) < 4.78 is 15.4. The van der Waals surface area contributed by atoms with E-state index < -0.39 is 12.1 Å². The molecule has 1 aliphatic carbocycles. The van der Waals surface area contributed by atoms with Crippen LogP contribution in [0.2, 0.25) is 0 Å². The van der Waals surface area contributed by atoms with Crippen molar-refractivity contribution in [3.05, 3.63) is 59.9 Å². The van der Waals surface area contributed by atoms with Crippen molar-refractivity contribution < 1.29 is 23.5 Å². The number of amides is 1. The molecule has 0 unspecified atom stereocenters. The van der Waals surface area contributed by atoms with Gasteiger partial charge in [0.2, 0.25) is 0 Å². The maximum absolute atomic E-state index is 12.0. The minimum absolute atomic E-state index is 0.0218. The highest BCUT2D eigenvalue weighted by Crippen LogP contribution is 2.39. The molecule has 0 spiro atoms. The van der Waals surface area contributed by atoms with Gasteiger partial charge in [-0.05, 0) is 24.6 Å². The fraction of sp³-hybridized carbons (Fsp3) is 0.111. The van der Waals surface area contributed by atoms with E-state index in [-0.39, 0.29) is 11.5 Å². The van der Waals surface area contributed by atoms with Crippen molar-refractivity contribution in [2.45, 2.75) is 6.92 Å². The number of para-hydroxylation sites is 1. The van der Waals surface area contributed by atoms with Crippen LogP contribution in [0.3, 0.4) is 0 Å². The van der Waals surface area contributed by atoms with Crippen molar-refractivity contribution in [3.8, 4) is 17.1 Å². The van der Waals surface area contributed by atoms with Gasteiger partial charge in [0.25, 0.3) is 0 Å². The lowest BCUT2D eigenvalue weighted by Gasteiger charge is -2.12. The van der Waals surface area contributed by atoms with Crippen molar-refractivity contribution in [2.75, 3.05) is 12.4 Å². The molecule has 1 aromatic rings. The van der Waals surface area contributed by atoms with Crippen LogP contribution >= 0.6 is 0 Å². The Morgan fingerprint density at radius 2 is 1.83 bits per heavy atom. The van der Waals surface area contributed by atoms with Gasteiger partial charge in [0.15, 0.2) is 0 Å². The van der Waals surface area contributed by atoms with Crippen LogP contribution < -0.4 is 10.1 Å². The Morgan fingerprint density at radius 1 is 1.08 bits per heavy atom. The van der Waals surface area contributed by atoms with E-state index >= 15 is 0 Å². The molecule has 0 bridgehead atoms. The van der Waals surface area contributed by atoms with Gasteiger partial charge < -0.3 is 13.9 Å². The predicted molar refractivity (Wildman–Crippen MR) is 87.5 cm³/mol. The van der Waals surface area contributed by atoms with Crippen LogP contribution in [-0.4, -0.2) is 19.2 Å². The third-order valence-corrected chi connectivity index (χ3v) is 3.55. The van der Waals surface area contributed by atoms with E-state index in [0.717, 1.165) is 5.56 Å². The molecule has 0 saturated carbocycles. The molecule has 0 atom stereocenters. The number of nitrogens with one attached hydrogen (secondary N) is 1. The molecular weight excluding hydrogens is 310 g/mol. The summed E-state index contributed by atoms with van der Waals surface area (Å²) >= 11 is 0. The van der Waals surface area contributed by atoms with Crippen molar-refractivity contribution in [3.63, 3.8) is 0 Å². The fourth-order valence-corrected chi connectivity index (χ4v) is 2.41. The van der Waals surface area contributed by atoms with Crippen LogP contribution in [0.15, 0.2) is 53.1 Å². The quantitative estimate of drug-likeness (QED) is 0.734. The van der Waals surface area contributed by atoms with Crippen LogP contribution in [0.4, 0.5) is 10.5 Å². The number of ether oxygens (including phenoxy) is 2. The van der Waals surface area contributed by atoms with Crippen LogP contribution in [-0.2, 0) is 4.74 Å². The summed E-state index contributed by atoms with van der Waals surface area (Å²) in [6, 6.07) is 12.5. The standard InChI is InChI=1S/C18H15NO5/c1-11-8-9-13-14(16(20)22-2)10-23-17(15(11)13)24-18(21)19-12-6-4-3-5-7-12/h3-10H,1-2H3,(H,19,21). The third-order valence-electron chi connectivity index (χ3n) is 3.55. The summed E-state index contributed by atoms with van der Waals surface area (Å²) in [7, 11) is 1.29. The van der Waals surface area contributed by atoms with Crippen LogP contribution in [0.25, 0.3) is 11.1 Å². The van der Waals surface area contributed by atoms with Gasteiger partial charge in [0.1, 0.15) is 11.8 Å². The summed E-state index contributed by atoms with van der Waals surface area (Å²) in [6.07, 6.45) is 0.538. The van der Waals surface area contributed by atoms with Gasteiger partial charge in [-0.15, -0.1) is 0 Å². The molecule has 0 saturated heterocycles. The smallest absolute Gasteiger partial charge is 0.419 e. The highest BCUT2D eigenvalue weighted by atomic mass is 16.6. The Balaban J connectivity index is 1.88. The second-order valence-corrected chi connectivity index (χ2v) is 5.11. The molecule has 24 heavy (non-hydrogen) atoms. The zero-order valence-electron chi connectivity index (χ0n) is 13.2. The summed E-state index contributed by atoms with van der Waals surface area (Å²) in [6.45, 7) is 1.83. The highest BCUT2D eigenvalue weighted by Gasteiger charge is 2.25. The Morgan fingerprint density at radius 3 is 2.54 bits per heavy atom. The highest BCUT2D eigenvalue weighted by molar-refractivity contribution is 5.99. The average molecular weight is 325 g/mol. The molecule has 1 aromatic carbocycles. The number of aryl methyl sites for hydroxylation is 1. The molecule has 1 aliphatic heterocycles. The number of methoxy groups -OCH3 is 1. The molecule has 122 valence electrons. The normalized spacial score (nSPS) is 10.4. The molecule has 6 nitrogen and oxygen atoms in total. The van der Waals surface area contributed by atoms with Crippen molar-refractivity contribution in [1.82, 2.24) is 0 Å². The lowest BCUT2D eigenvalue weighted by atomic mass is 10.1. The summed E-state index contributed by atoms with van der Waals surface area (Å²) in [5.74, 6) is -0.497. The summed E-state index contributed by atoms with van der Waals surface area (Å²) in [4.78, 5) is 23.9. The van der Waals surface area contributed by atoms with Gasteiger partial charge in [-0.3, -0.25) is 5.32 Å². The van der Waals surface area contributed by atoms with Gasteiger partial charge in [-0.1, -0.05) is 30.3 Å². The first-order valence-corrected chi connectivity index (χ1v) is 7.23. The van der Waals surface area contributed by atoms with Gasteiger partial charge in [-0.2, -0.15) is 0 Å². The number of carbonyl (C=O) groups is 2. The van der Waals surface area contributed by atoms with Crippen LogP contribution in [0.1, 0.15) is 15.9 Å². The molecule has 0 fully saturated rings. The van der Waals surface area contributed by atoms with E-state index in [1.54, 1.807) is 30.3 Å². The van der Waals surface area contributed by atoms with E-state index in [9.17, 15) is 9.59 Å². The first kappa shape index (κ1) is 15.6. The average Bonchev–Trinajstić information content (AvgIpc) is 2.98. The number of benzene rings is 1. The number of hydrogen-bond donors (Lipinski definition) is 1. The van der Waals surface area contributed by atoms with Gasteiger partial charge in [-0.25, -0.2) is 9.59 Å². The predicted octanol–water partition coefficient (Wildman–Crippen LogP) is 4.09. The molecular formula is C18H15NO5. The lowest BCUT2D eigenvalue weighted by molar-refractivity contribution is 0.0598. The van der Waals surface area contributed by atoms with Gasteiger partial charge >= 0.3 is 18.0 Å². The molecule has 1 amide bonds. The Hall–Kier alpha value is -3.28. The zero-order chi connectivity index (χ0) is 17.1. The molecule has 1 heterocycles. The first-order valence-electron chi connectivity index (χ1n) is 7.23. The molecule has 6 heteroatoms. The number of anilines is 1. The van der Waals surface area contributed by atoms with E-state index in [2.05, 4.69) is 5.32 Å². The molecule has 3 rings (SSSR count). The number of rotatable bonds is 3. The second-order valence-electron chi connectivity index (χ2n) is 5.11. The molecule has 0 aromatic heterocycles. The lowest BCUT2D eigenvalue weighted by Crippen LogP contribution is -2.17. The third kappa shape index (κ3) is 2.94. The fourth-order valence-electron chi connectivity index (χ4n) is 2.41. The van der Waals surface area contributed by atoms with Crippen molar-refractivity contribution in [2.24, 2.45) is 0 Å². The van der Waals surface area contributed by atoms with E-state index in [0.29, 0.717) is 16.8 Å². The minimum atomic E-state index is -0.683. The maximum atomic E-state index is 12.0. The Labute approximate surface area is 138 Å². The Kier molecular flexibility index (Phi) is 4.20. The number of hydrogen-bond acceptors (Lipinski definition) is 5. The van der Waals surface area contributed by atoms with Gasteiger partial charge in [0.05, 0.1) is 12.7 Å². The van der Waals surface area contributed by atoms with Crippen LogP contribution in [0, 0.1) is 6.92 Å². The first-order chi connectivity index (χ1) is 11.6. The van der Waals surface area contributed by atoms with E-state index in [1.807, 2.05) is 19.1 Å². The van der Waals surface area contributed by atoms with Crippen LogP contribution in [0.5, 0.6) is 5.95 Å². The van der Waals surface area contributed by atoms with E-state index in [4.69, 9.17) is 13.9 Å². The topological polar surface area (TPSA) is 77.8 Å². The monoisotopic (exact) mass is 325 g/mol. The van der Waals surface area contributed by atoms with Gasteiger partial charge in [0, 0.05) is 11.3 Å². The molecule has 1 N–H and O–H groups in total. The minimum Gasteiger partial charge on any atom is -0.465 e. The van der Waals surface area contributed by atoms with Crippen molar-refractivity contribution >= 4 is 17.7 Å². The SMILES string of the molecule is COC(=O)c1coc(OC(=O)Nc2ccccc2)c2c(C)ccc1-2. The summed E-state index contributed by atoms with van der Waals surface area (Å²) in [5.41, 5.74) is 2.86. The number of esters is 1. The molecule has 2 aliphatic rings. The van der Waals surface area contributed by atoms with Crippen molar-refractivity contribution in [1.29, 1.82) is 0 Å². The van der Waals surface area contributed by atoms with E-state index in [1.165, 1.54) is 13.4 Å². The summed E-state index contributed by atoms with van der Waals surface area (Å²) in [5, 5.41) is 2.60. The second kappa shape index (κ2) is 6.45. The maximum Gasteiger partial charge on any atom is 0.419 e.